The molecule has 5 aliphatic heterocycles. The molecule has 7 heterocycles. The summed E-state index contributed by atoms with van der Waals surface area (Å²) in [5.74, 6) is 3.48. The van der Waals surface area contributed by atoms with Crippen molar-refractivity contribution in [3.63, 3.8) is 0 Å². The summed E-state index contributed by atoms with van der Waals surface area (Å²) in [5.41, 5.74) is 16.9. The third-order valence-electron chi connectivity index (χ3n) is 12.0. The van der Waals surface area contributed by atoms with Gasteiger partial charge in [0.1, 0.15) is 34.2 Å². The highest BCUT2D eigenvalue weighted by Crippen LogP contribution is 2.59. The highest BCUT2D eigenvalue weighted by Gasteiger charge is 2.54. The molecule has 7 aromatic carbocycles. The monoisotopic (exact) mass is 683 g/mol. The fourth-order valence-electron chi connectivity index (χ4n) is 10.00. The van der Waals surface area contributed by atoms with Gasteiger partial charge in [-0.05, 0) is 70.9 Å². The second kappa shape index (κ2) is 8.72. The number of hydrogen-bond donors (Lipinski definition) is 0. The van der Waals surface area contributed by atoms with Gasteiger partial charge in [-0.25, -0.2) is 0 Å². The van der Waals surface area contributed by atoms with Crippen LogP contribution in [-0.4, -0.2) is 13.4 Å². The maximum Gasteiger partial charge on any atom is 0.256 e. The second-order valence-electron chi connectivity index (χ2n) is 14.9. The Kier molecular flexibility index (Phi) is 4.49. The van der Waals surface area contributed by atoms with Gasteiger partial charge in [0.25, 0.3) is 13.4 Å². The lowest BCUT2D eigenvalue weighted by Gasteiger charge is -2.49. The average Bonchev–Trinajstić information content (AvgIpc) is 3.73. The number of rotatable bonds is 0. The zero-order valence-electron chi connectivity index (χ0n) is 28.0. The van der Waals surface area contributed by atoms with Crippen molar-refractivity contribution in [2.45, 2.75) is 23.6 Å². The number of fused-ring (bicyclic) bond motifs is 14. The number of benzene rings is 7. The Hall–Kier alpha value is -5.98. The van der Waals surface area contributed by atoms with E-state index < -0.39 is 0 Å². The van der Waals surface area contributed by atoms with Crippen molar-refractivity contribution >= 4 is 119 Å². The van der Waals surface area contributed by atoms with Crippen molar-refractivity contribution in [3.8, 4) is 23.0 Å². The van der Waals surface area contributed by atoms with Crippen LogP contribution in [0, 0.1) is 13.8 Å². The molecule has 0 saturated carbocycles. The van der Waals surface area contributed by atoms with Crippen molar-refractivity contribution in [3.05, 3.63) is 114 Å². The molecule has 0 aliphatic carbocycles. The van der Waals surface area contributed by atoms with Gasteiger partial charge in [-0.1, -0.05) is 95.7 Å². The predicted octanol–water partition coefficient (Wildman–Crippen LogP) is 7.91. The normalized spacial score (nSPS) is 14.8. The molecule has 0 bridgehead atoms. The molecule has 5 nitrogen and oxygen atoms in total. The highest BCUT2D eigenvalue weighted by atomic mass is 32.2. The van der Waals surface area contributed by atoms with Gasteiger partial charge in [-0.3, -0.25) is 0 Å². The predicted molar refractivity (Wildman–Crippen MR) is 212 cm³/mol. The van der Waals surface area contributed by atoms with E-state index in [0.717, 1.165) is 82.4 Å². The van der Waals surface area contributed by atoms with Gasteiger partial charge in [0.15, 0.2) is 11.2 Å². The molecular formula is C44H23B2NO4S. The first-order chi connectivity index (χ1) is 25.6. The van der Waals surface area contributed by atoms with Crippen molar-refractivity contribution in [2.24, 2.45) is 0 Å². The van der Waals surface area contributed by atoms with Gasteiger partial charge < -0.3 is 23.2 Å². The van der Waals surface area contributed by atoms with Gasteiger partial charge in [0.05, 0.1) is 21.2 Å². The van der Waals surface area contributed by atoms with Gasteiger partial charge in [0, 0.05) is 33.3 Å². The van der Waals surface area contributed by atoms with E-state index in [9.17, 15) is 0 Å². The molecule has 2 aromatic heterocycles. The lowest BCUT2D eigenvalue weighted by atomic mass is 9.29. The topological polar surface area (TPSA) is 48.0 Å². The Morgan fingerprint density at radius 3 is 1.50 bits per heavy atom. The fourth-order valence-corrected chi connectivity index (χ4v) is 11.3. The molecule has 0 N–H and O–H groups in total. The number of anilines is 3. The molecule has 0 saturated heterocycles. The van der Waals surface area contributed by atoms with E-state index in [-0.39, 0.29) is 13.4 Å². The van der Waals surface area contributed by atoms with Crippen LogP contribution in [0.3, 0.4) is 0 Å². The van der Waals surface area contributed by atoms with Crippen molar-refractivity contribution in [1.29, 1.82) is 0 Å². The molecule has 8 heteroatoms. The molecule has 0 radical (unpaired) electrons. The van der Waals surface area contributed by atoms with E-state index in [1.165, 1.54) is 55.3 Å². The van der Waals surface area contributed by atoms with Gasteiger partial charge in [0.2, 0.25) is 0 Å². The Morgan fingerprint density at radius 1 is 0.481 bits per heavy atom. The first-order valence-corrected chi connectivity index (χ1v) is 18.6. The van der Waals surface area contributed by atoms with Crippen LogP contribution >= 0.6 is 11.8 Å². The minimum Gasteiger partial charge on any atom is -0.458 e. The van der Waals surface area contributed by atoms with Crippen molar-refractivity contribution < 1.29 is 18.3 Å². The van der Waals surface area contributed by atoms with Gasteiger partial charge in [-0.15, -0.1) is 0 Å². The molecule has 52 heavy (non-hydrogen) atoms. The summed E-state index contributed by atoms with van der Waals surface area (Å²) in [6, 6.07) is 37.0. The summed E-state index contributed by atoms with van der Waals surface area (Å²) in [4.78, 5) is 4.77. The van der Waals surface area contributed by atoms with Crippen LogP contribution in [0.25, 0.3) is 43.9 Å². The summed E-state index contributed by atoms with van der Waals surface area (Å²) in [7, 11) is 0. The summed E-state index contributed by atoms with van der Waals surface area (Å²) < 4.78 is 27.5. The zero-order chi connectivity index (χ0) is 33.7. The quantitative estimate of drug-likeness (QED) is 0.152. The molecule has 0 unspecified atom stereocenters. The fraction of sp³-hybridized carbons (Fsp3) is 0.0455. The molecule has 0 amide bonds. The third kappa shape index (κ3) is 2.96. The van der Waals surface area contributed by atoms with Crippen LogP contribution in [0.4, 0.5) is 17.1 Å². The number of ether oxygens (including phenoxy) is 2. The minimum absolute atomic E-state index is 0.0415. The lowest BCUT2D eigenvalue weighted by Crippen LogP contribution is -2.67. The number of nitrogens with zero attached hydrogens (tertiary/aromatic N) is 1. The molecule has 0 fully saturated rings. The maximum atomic E-state index is 6.91. The van der Waals surface area contributed by atoms with Gasteiger partial charge >= 0.3 is 0 Å². The summed E-state index contributed by atoms with van der Waals surface area (Å²) >= 11 is 1.80. The van der Waals surface area contributed by atoms with E-state index in [2.05, 4.69) is 122 Å². The first-order valence-electron chi connectivity index (χ1n) is 17.8. The number of furan rings is 2. The summed E-state index contributed by atoms with van der Waals surface area (Å²) in [6.07, 6.45) is 0. The molecule has 14 rings (SSSR count). The summed E-state index contributed by atoms with van der Waals surface area (Å²) in [6.45, 7) is 4.26. The lowest BCUT2D eigenvalue weighted by molar-refractivity contribution is 0.465. The average molecular weight is 683 g/mol. The smallest absolute Gasteiger partial charge is 0.256 e. The minimum atomic E-state index is -0.0415. The number of para-hydroxylation sites is 2. The van der Waals surface area contributed by atoms with E-state index in [0.29, 0.717) is 0 Å². The van der Waals surface area contributed by atoms with Crippen LogP contribution in [0.15, 0.2) is 122 Å². The van der Waals surface area contributed by atoms with Crippen LogP contribution in [0.1, 0.15) is 11.1 Å². The Morgan fingerprint density at radius 2 is 0.981 bits per heavy atom. The Labute approximate surface area is 301 Å². The summed E-state index contributed by atoms with van der Waals surface area (Å²) in [5, 5.41) is 4.50. The van der Waals surface area contributed by atoms with Crippen LogP contribution in [0.5, 0.6) is 23.0 Å². The van der Waals surface area contributed by atoms with Crippen LogP contribution in [-0.2, 0) is 0 Å². The molecule has 0 spiro atoms. The second-order valence-corrected chi connectivity index (χ2v) is 15.9. The molecular weight excluding hydrogens is 660 g/mol. The maximum absolute atomic E-state index is 6.91. The Balaban J connectivity index is 1.22. The zero-order valence-corrected chi connectivity index (χ0v) is 28.8. The largest absolute Gasteiger partial charge is 0.458 e. The van der Waals surface area contributed by atoms with Crippen LogP contribution < -0.4 is 47.2 Å². The standard InChI is InChI=1S/C44H23B2NO4S/c1-20-11-13-32-26(15-20)45-28-17-24-22-7-3-5-9-30(22)50-41(24)43-38(28)47-39-29(18-25-23-8-4-6-10-31(23)51-42(25)44(39)52-43)46-27-16-21(2)12-14-33(27)49-35-19-34(48-32)36(45)40(47)37(35)46/h3-19H,1-2H3. The van der Waals surface area contributed by atoms with Crippen molar-refractivity contribution in [2.75, 3.05) is 4.90 Å². The molecule has 9 aromatic rings. The highest BCUT2D eigenvalue weighted by molar-refractivity contribution is 8.00. The first kappa shape index (κ1) is 26.8. The number of hydrogen-bond acceptors (Lipinski definition) is 6. The van der Waals surface area contributed by atoms with E-state index in [1.807, 2.05) is 0 Å². The number of aryl methyl sites for hydroxylation is 2. The van der Waals surface area contributed by atoms with E-state index in [1.54, 1.807) is 11.8 Å². The van der Waals surface area contributed by atoms with Gasteiger partial charge in [-0.2, -0.15) is 0 Å². The van der Waals surface area contributed by atoms with Crippen molar-refractivity contribution in [1.82, 2.24) is 0 Å². The Bertz CT molecular complexity index is 3020. The SMILES string of the molecule is Cc1ccc2c(c1)B1c3cc4c(oc5ccccc54)c4c3N3c5c1c(cc1c5B(c5cc(C)ccc5O1)c1cc5c(oc6ccccc65)c(c13)S4)O2. The molecule has 5 aliphatic rings. The molecule has 0 atom stereocenters. The van der Waals surface area contributed by atoms with E-state index in [4.69, 9.17) is 18.3 Å². The molecule has 240 valence electrons. The van der Waals surface area contributed by atoms with Crippen LogP contribution in [0.2, 0.25) is 0 Å². The van der Waals surface area contributed by atoms with E-state index >= 15 is 0 Å². The third-order valence-corrected chi connectivity index (χ3v) is 13.2.